The summed E-state index contributed by atoms with van der Waals surface area (Å²) in [7, 11) is 0. The summed E-state index contributed by atoms with van der Waals surface area (Å²) in [6.45, 7) is 6.46. The summed E-state index contributed by atoms with van der Waals surface area (Å²) in [4.78, 5) is 16.6. The van der Waals surface area contributed by atoms with E-state index in [0.717, 1.165) is 32.0 Å². The molecule has 1 aromatic carbocycles. The standard InChI is InChI=1S/C18H25F2N3O/c1-13(16-5-4-15(19)11-17(16)20)22-7-9-23(10-8-22)18(24)14-3-2-6-21-12-14/h4-5,11,13-14,21H,2-3,6-10,12H2,1H3. The summed E-state index contributed by atoms with van der Waals surface area (Å²) in [5.74, 6) is -0.728. The SMILES string of the molecule is CC(c1ccc(F)cc1F)N1CCN(C(=O)C2CCCNC2)CC1. The molecule has 24 heavy (non-hydrogen) atoms. The van der Waals surface area contributed by atoms with Gasteiger partial charge in [0.05, 0.1) is 5.92 Å². The molecule has 6 heteroatoms. The van der Waals surface area contributed by atoms with Gasteiger partial charge in [-0.25, -0.2) is 8.78 Å². The highest BCUT2D eigenvalue weighted by molar-refractivity contribution is 5.79. The van der Waals surface area contributed by atoms with E-state index in [0.29, 0.717) is 31.7 Å². The van der Waals surface area contributed by atoms with E-state index in [9.17, 15) is 13.6 Å². The first-order valence-corrected chi connectivity index (χ1v) is 8.75. The monoisotopic (exact) mass is 337 g/mol. The van der Waals surface area contributed by atoms with Crippen molar-refractivity contribution < 1.29 is 13.6 Å². The summed E-state index contributed by atoms with van der Waals surface area (Å²) >= 11 is 0. The van der Waals surface area contributed by atoms with E-state index in [2.05, 4.69) is 10.2 Å². The lowest BCUT2D eigenvalue weighted by atomic mass is 9.97. The van der Waals surface area contributed by atoms with Crippen LogP contribution in [0.1, 0.15) is 31.4 Å². The molecule has 0 saturated carbocycles. The fraction of sp³-hybridized carbons (Fsp3) is 0.611. The topological polar surface area (TPSA) is 35.6 Å². The number of piperazine rings is 1. The normalized spacial score (nSPS) is 24.0. The van der Waals surface area contributed by atoms with Crippen LogP contribution in [-0.2, 0) is 4.79 Å². The minimum Gasteiger partial charge on any atom is -0.340 e. The molecule has 2 unspecified atom stereocenters. The largest absolute Gasteiger partial charge is 0.340 e. The third-order valence-corrected chi connectivity index (χ3v) is 5.23. The molecule has 0 aromatic heterocycles. The van der Waals surface area contributed by atoms with Crippen LogP contribution in [0, 0.1) is 17.6 Å². The fourth-order valence-corrected chi connectivity index (χ4v) is 3.69. The lowest BCUT2D eigenvalue weighted by Gasteiger charge is -2.40. The number of hydrogen-bond acceptors (Lipinski definition) is 3. The summed E-state index contributed by atoms with van der Waals surface area (Å²) < 4.78 is 27.0. The van der Waals surface area contributed by atoms with Gasteiger partial charge in [0.15, 0.2) is 0 Å². The number of carbonyl (C=O) groups is 1. The van der Waals surface area contributed by atoms with Crippen molar-refractivity contribution in [3.63, 3.8) is 0 Å². The second-order valence-corrected chi connectivity index (χ2v) is 6.75. The second kappa shape index (κ2) is 7.57. The molecule has 0 aliphatic carbocycles. The Morgan fingerprint density at radius 1 is 1.25 bits per heavy atom. The summed E-state index contributed by atoms with van der Waals surface area (Å²) in [5.41, 5.74) is 0.507. The second-order valence-electron chi connectivity index (χ2n) is 6.75. The maximum absolute atomic E-state index is 14.0. The Labute approximate surface area is 141 Å². The van der Waals surface area contributed by atoms with Gasteiger partial charge in [0.25, 0.3) is 0 Å². The maximum Gasteiger partial charge on any atom is 0.227 e. The molecule has 0 spiro atoms. The Hall–Kier alpha value is -1.53. The van der Waals surface area contributed by atoms with E-state index in [-0.39, 0.29) is 17.9 Å². The van der Waals surface area contributed by atoms with Crippen LogP contribution >= 0.6 is 0 Å². The molecule has 3 rings (SSSR count). The van der Waals surface area contributed by atoms with Crippen LogP contribution in [-0.4, -0.2) is 55.0 Å². The van der Waals surface area contributed by atoms with Crippen LogP contribution < -0.4 is 5.32 Å². The molecule has 2 aliphatic rings. The zero-order valence-electron chi connectivity index (χ0n) is 14.1. The van der Waals surface area contributed by atoms with Gasteiger partial charge in [-0.2, -0.15) is 0 Å². The van der Waals surface area contributed by atoms with Crippen LogP contribution in [0.3, 0.4) is 0 Å². The van der Waals surface area contributed by atoms with Gasteiger partial charge >= 0.3 is 0 Å². The van der Waals surface area contributed by atoms with Crippen LogP contribution in [0.15, 0.2) is 18.2 Å². The van der Waals surface area contributed by atoms with E-state index >= 15 is 0 Å². The quantitative estimate of drug-likeness (QED) is 0.918. The first kappa shape index (κ1) is 17.3. The molecule has 2 atom stereocenters. The van der Waals surface area contributed by atoms with Crippen molar-refractivity contribution in [2.45, 2.75) is 25.8 Å². The van der Waals surface area contributed by atoms with Crippen LogP contribution in [0.4, 0.5) is 8.78 Å². The van der Waals surface area contributed by atoms with Crippen LogP contribution in [0.2, 0.25) is 0 Å². The predicted molar refractivity (Wildman–Crippen MR) is 88.5 cm³/mol. The van der Waals surface area contributed by atoms with Crippen LogP contribution in [0.5, 0.6) is 0 Å². The van der Waals surface area contributed by atoms with Crippen molar-refractivity contribution in [1.29, 1.82) is 0 Å². The van der Waals surface area contributed by atoms with Crippen molar-refractivity contribution in [2.24, 2.45) is 5.92 Å². The Bertz CT molecular complexity index is 582. The fourth-order valence-electron chi connectivity index (χ4n) is 3.69. The minimum absolute atomic E-state index is 0.0947. The first-order valence-electron chi connectivity index (χ1n) is 8.75. The zero-order valence-corrected chi connectivity index (χ0v) is 14.1. The Balaban J connectivity index is 1.57. The Morgan fingerprint density at radius 2 is 2.00 bits per heavy atom. The maximum atomic E-state index is 14.0. The number of nitrogens with zero attached hydrogens (tertiary/aromatic N) is 2. The van der Waals surface area contributed by atoms with Crippen LogP contribution in [0.25, 0.3) is 0 Å². The highest BCUT2D eigenvalue weighted by Gasteiger charge is 2.30. The molecule has 132 valence electrons. The van der Waals surface area contributed by atoms with Crippen molar-refractivity contribution in [2.75, 3.05) is 39.3 Å². The zero-order chi connectivity index (χ0) is 17.1. The predicted octanol–water partition coefficient (Wildman–Crippen LogP) is 2.17. The first-order chi connectivity index (χ1) is 11.6. The number of benzene rings is 1. The van der Waals surface area contributed by atoms with E-state index in [1.807, 2.05) is 11.8 Å². The number of piperidine rings is 1. The molecular weight excluding hydrogens is 312 g/mol. The lowest BCUT2D eigenvalue weighted by Crippen LogP contribution is -2.52. The van der Waals surface area contributed by atoms with Crippen molar-refractivity contribution in [3.8, 4) is 0 Å². The molecule has 4 nitrogen and oxygen atoms in total. The molecule has 2 heterocycles. The molecule has 1 aromatic rings. The molecular formula is C18H25F2N3O. The van der Waals surface area contributed by atoms with E-state index in [1.165, 1.54) is 12.1 Å². The number of rotatable bonds is 3. The molecule has 2 fully saturated rings. The van der Waals surface area contributed by atoms with E-state index in [4.69, 9.17) is 0 Å². The van der Waals surface area contributed by atoms with E-state index < -0.39 is 11.6 Å². The van der Waals surface area contributed by atoms with Gasteiger partial charge in [-0.15, -0.1) is 0 Å². The number of amides is 1. The molecule has 0 bridgehead atoms. The number of nitrogens with one attached hydrogen (secondary N) is 1. The average Bonchev–Trinajstić information content (AvgIpc) is 2.61. The van der Waals surface area contributed by atoms with Crippen molar-refractivity contribution >= 4 is 5.91 Å². The molecule has 2 aliphatic heterocycles. The van der Waals surface area contributed by atoms with Gasteiger partial charge in [-0.05, 0) is 32.4 Å². The van der Waals surface area contributed by atoms with E-state index in [1.54, 1.807) is 0 Å². The summed E-state index contributed by atoms with van der Waals surface area (Å²) in [5, 5.41) is 3.28. The third kappa shape index (κ3) is 3.75. The van der Waals surface area contributed by atoms with Gasteiger partial charge in [-0.3, -0.25) is 9.69 Å². The molecule has 1 amide bonds. The summed E-state index contributed by atoms with van der Waals surface area (Å²) in [6.07, 6.45) is 2.01. The molecule has 1 N–H and O–H groups in total. The van der Waals surface area contributed by atoms with Crippen molar-refractivity contribution in [3.05, 3.63) is 35.4 Å². The highest BCUT2D eigenvalue weighted by Crippen LogP contribution is 2.25. The molecule has 0 radical (unpaired) electrons. The highest BCUT2D eigenvalue weighted by atomic mass is 19.1. The van der Waals surface area contributed by atoms with Crippen molar-refractivity contribution in [1.82, 2.24) is 15.1 Å². The summed E-state index contributed by atoms with van der Waals surface area (Å²) in [6, 6.07) is 3.62. The Morgan fingerprint density at radius 3 is 2.62 bits per heavy atom. The Kier molecular flexibility index (Phi) is 5.46. The van der Waals surface area contributed by atoms with Gasteiger partial charge in [0.2, 0.25) is 5.91 Å². The third-order valence-electron chi connectivity index (χ3n) is 5.23. The number of halogens is 2. The number of hydrogen-bond donors (Lipinski definition) is 1. The molecule has 2 saturated heterocycles. The minimum atomic E-state index is -0.556. The van der Waals surface area contributed by atoms with Gasteiger partial charge in [0.1, 0.15) is 11.6 Å². The number of carbonyl (C=O) groups excluding carboxylic acids is 1. The van der Waals surface area contributed by atoms with Gasteiger partial charge in [0, 0.05) is 50.4 Å². The smallest absolute Gasteiger partial charge is 0.227 e. The average molecular weight is 337 g/mol. The van der Waals surface area contributed by atoms with Gasteiger partial charge in [-0.1, -0.05) is 6.07 Å². The lowest BCUT2D eigenvalue weighted by molar-refractivity contribution is -0.138. The van der Waals surface area contributed by atoms with Gasteiger partial charge < -0.3 is 10.2 Å².